The van der Waals surface area contributed by atoms with E-state index < -0.39 is 0 Å². The molecule has 3 heterocycles. The highest BCUT2D eigenvalue weighted by atomic mass is 15.3. The van der Waals surface area contributed by atoms with Crippen LogP contribution in [-0.2, 0) is 0 Å². The van der Waals surface area contributed by atoms with E-state index in [0.717, 1.165) is 12.6 Å². The minimum Gasteiger partial charge on any atom is -0.332 e. The van der Waals surface area contributed by atoms with Crippen LogP contribution in [0, 0.1) is 0 Å². The van der Waals surface area contributed by atoms with Gasteiger partial charge in [-0.15, -0.1) is 0 Å². The summed E-state index contributed by atoms with van der Waals surface area (Å²) in [5, 5.41) is 0. The first-order chi connectivity index (χ1) is 8.16. The standard InChI is InChI=1S/C14H23N3/c1-10-11(2)15-12(3)17-9-13(8-14(10)17)16-6-4-5-7-16/h11,13H,4-9H2,1-3H3/t11-,13?/m0/s1. The Balaban J connectivity index is 1.82. The molecule has 2 atom stereocenters. The second kappa shape index (κ2) is 4.13. The van der Waals surface area contributed by atoms with Crippen LogP contribution in [0.15, 0.2) is 16.3 Å². The van der Waals surface area contributed by atoms with Gasteiger partial charge in [-0.3, -0.25) is 9.89 Å². The van der Waals surface area contributed by atoms with Crippen molar-refractivity contribution >= 4 is 5.84 Å². The lowest BCUT2D eigenvalue weighted by Gasteiger charge is -2.29. The summed E-state index contributed by atoms with van der Waals surface area (Å²) in [6.45, 7) is 10.4. The third-order valence-corrected chi connectivity index (χ3v) is 4.66. The first-order valence-electron chi connectivity index (χ1n) is 6.92. The van der Waals surface area contributed by atoms with Gasteiger partial charge >= 0.3 is 0 Å². The molecule has 1 unspecified atom stereocenters. The zero-order valence-corrected chi connectivity index (χ0v) is 11.2. The topological polar surface area (TPSA) is 18.8 Å². The van der Waals surface area contributed by atoms with Crippen LogP contribution < -0.4 is 0 Å². The zero-order valence-electron chi connectivity index (χ0n) is 11.2. The molecule has 3 aliphatic heterocycles. The summed E-state index contributed by atoms with van der Waals surface area (Å²) in [4.78, 5) is 9.87. The van der Waals surface area contributed by atoms with Crippen LogP contribution in [0.5, 0.6) is 0 Å². The molecular formula is C14H23N3. The van der Waals surface area contributed by atoms with Crippen LogP contribution in [0.1, 0.15) is 40.0 Å². The van der Waals surface area contributed by atoms with Crippen molar-refractivity contribution in [2.75, 3.05) is 19.6 Å². The number of likely N-dealkylation sites (tertiary alicyclic amines) is 1. The third-order valence-electron chi connectivity index (χ3n) is 4.66. The minimum absolute atomic E-state index is 0.388. The highest BCUT2D eigenvalue weighted by molar-refractivity contribution is 5.83. The lowest BCUT2D eigenvalue weighted by molar-refractivity contribution is 0.250. The van der Waals surface area contributed by atoms with Gasteiger partial charge in [-0.2, -0.15) is 0 Å². The third kappa shape index (κ3) is 1.81. The Hall–Kier alpha value is -0.830. The normalized spacial score (nSPS) is 34.3. The highest BCUT2D eigenvalue weighted by Crippen LogP contribution is 2.34. The molecule has 0 aliphatic carbocycles. The van der Waals surface area contributed by atoms with Crippen LogP contribution >= 0.6 is 0 Å². The van der Waals surface area contributed by atoms with Gasteiger partial charge in [0.15, 0.2) is 0 Å². The Labute approximate surface area is 104 Å². The maximum absolute atomic E-state index is 4.73. The molecule has 0 aromatic carbocycles. The van der Waals surface area contributed by atoms with E-state index in [4.69, 9.17) is 4.99 Å². The molecule has 2 saturated heterocycles. The van der Waals surface area contributed by atoms with E-state index in [9.17, 15) is 0 Å². The van der Waals surface area contributed by atoms with E-state index in [-0.39, 0.29) is 0 Å². The van der Waals surface area contributed by atoms with Crippen LogP contribution in [0.25, 0.3) is 0 Å². The van der Waals surface area contributed by atoms with Crippen molar-refractivity contribution in [1.29, 1.82) is 0 Å². The van der Waals surface area contributed by atoms with Gasteiger partial charge in [-0.25, -0.2) is 0 Å². The van der Waals surface area contributed by atoms with Crippen molar-refractivity contribution in [3.8, 4) is 0 Å². The molecule has 0 radical (unpaired) electrons. The van der Waals surface area contributed by atoms with Gasteiger partial charge in [-0.05, 0) is 52.3 Å². The molecule has 0 aromatic rings. The summed E-state index contributed by atoms with van der Waals surface area (Å²) < 4.78 is 0. The predicted octanol–water partition coefficient (Wildman–Crippen LogP) is 2.25. The molecule has 0 spiro atoms. The predicted molar refractivity (Wildman–Crippen MR) is 71.2 cm³/mol. The quantitative estimate of drug-likeness (QED) is 0.692. The lowest BCUT2D eigenvalue weighted by atomic mass is 10.0. The number of nitrogens with zero attached hydrogens (tertiary/aromatic N) is 3. The largest absolute Gasteiger partial charge is 0.332 e. The molecule has 3 rings (SSSR count). The van der Waals surface area contributed by atoms with Gasteiger partial charge in [-0.1, -0.05) is 0 Å². The molecule has 0 bridgehead atoms. The van der Waals surface area contributed by atoms with Gasteiger partial charge in [0.2, 0.25) is 0 Å². The van der Waals surface area contributed by atoms with Crippen molar-refractivity contribution in [3.05, 3.63) is 11.3 Å². The summed E-state index contributed by atoms with van der Waals surface area (Å²) in [7, 11) is 0. The van der Waals surface area contributed by atoms with Gasteiger partial charge in [0, 0.05) is 24.7 Å². The van der Waals surface area contributed by atoms with Crippen LogP contribution in [0.4, 0.5) is 0 Å². The van der Waals surface area contributed by atoms with E-state index >= 15 is 0 Å². The fourth-order valence-corrected chi connectivity index (χ4v) is 3.46. The molecular weight excluding hydrogens is 210 g/mol. The number of hydrogen-bond donors (Lipinski definition) is 0. The zero-order chi connectivity index (χ0) is 12.0. The Bertz CT molecular complexity index is 377. The molecule has 0 amide bonds. The van der Waals surface area contributed by atoms with Gasteiger partial charge in [0.25, 0.3) is 0 Å². The summed E-state index contributed by atoms with van der Waals surface area (Å²) in [6.07, 6.45) is 4.01. The van der Waals surface area contributed by atoms with Crippen LogP contribution in [0.2, 0.25) is 0 Å². The fourth-order valence-electron chi connectivity index (χ4n) is 3.46. The fraction of sp³-hybridized carbons (Fsp3) is 0.786. The van der Waals surface area contributed by atoms with E-state index in [1.54, 1.807) is 5.70 Å². The number of rotatable bonds is 1. The Morgan fingerprint density at radius 3 is 2.59 bits per heavy atom. The molecule has 3 aliphatic rings. The Kier molecular flexibility index (Phi) is 2.74. The Morgan fingerprint density at radius 1 is 1.18 bits per heavy atom. The van der Waals surface area contributed by atoms with E-state index in [0.29, 0.717) is 6.04 Å². The Morgan fingerprint density at radius 2 is 1.88 bits per heavy atom. The minimum atomic E-state index is 0.388. The smallest absolute Gasteiger partial charge is 0.101 e. The molecule has 0 saturated carbocycles. The lowest BCUT2D eigenvalue weighted by Crippen LogP contribution is -2.37. The average Bonchev–Trinajstić information content (AvgIpc) is 2.94. The maximum Gasteiger partial charge on any atom is 0.101 e. The average molecular weight is 233 g/mol. The monoisotopic (exact) mass is 233 g/mol. The van der Waals surface area contributed by atoms with E-state index in [1.165, 1.54) is 43.8 Å². The summed E-state index contributed by atoms with van der Waals surface area (Å²) in [6, 6.07) is 1.12. The maximum atomic E-state index is 4.73. The number of amidine groups is 1. The number of aliphatic imine (C=N–C) groups is 1. The van der Waals surface area contributed by atoms with E-state index in [2.05, 4.69) is 30.6 Å². The molecule has 3 heteroatoms. The molecule has 17 heavy (non-hydrogen) atoms. The van der Waals surface area contributed by atoms with Gasteiger partial charge in [0.1, 0.15) is 5.84 Å². The molecule has 3 nitrogen and oxygen atoms in total. The number of fused-ring (bicyclic) bond motifs is 1. The van der Waals surface area contributed by atoms with Crippen molar-refractivity contribution < 1.29 is 0 Å². The summed E-state index contributed by atoms with van der Waals surface area (Å²) >= 11 is 0. The second-order valence-electron chi connectivity index (χ2n) is 5.69. The molecule has 0 aromatic heterocycles. The first kappa shape index (κ1) is 11.3. The van der Waals surface area contributed by atoms with Crippen molar-refractivity contribution in [3.63, 3.8) is 0 Å². The van der Waals surface area contributed by atoms with Crippen molar-refractivity contribution in [2.24, 2.45) is 4.99 Å². The van der Waals surface area contributed by atoms with Crippen LogP contribution in [-0.4, -0.2) is 47.4 Å². The SMILES string of the molecule is CC1=N[C@@H](C)C(C)=C2CC(N3CCCC3)CN12. The van der Waals surface area contributed by atoms with E-state index in [1.807, 2.05) is 0 Å². The van der Waals surface area contributed by atoms with Gasteiger partial charge < -0.3 is 4.90 Å². The van der Waals surface area contributed by atoms with Crippen LogP contribution in [0.3, 0.4) is 0 Å². The highest BCUT2D eigenvalue weighted by Gasteiger charge is 2.36. The number of hydrogen-bond acceptors (Lipinski definition) is 3. The van der Waals surface area contributed by atoms with Crippen molar-refractivity contribution in [2.45, 2.75) is 52.1 Å². The van der Waals surface area contributed by atoms with Crippen molar-refractivity contribution in [1.82, 2.24) is 9.80 Å². The molecule has 2 fully saturated rings. The second-order valence-corrected chi connectivity index (χ2v) is 5.69. The van der Waals surface area contributed by atoms with Gasteiger partial charge in [0.05, 0.1) is 6.04 Å². The first-order valence-corrected chi connectivity index (χ1v) is 6.92. The molecule has 94 valence electrons. The molecule has 0 N–H and O–H groups in total. The summed E-state index contributed by atoms with van der Waals surface area (Å²) in [5.74, 6) is 1.22. The summed E-state index contributed by atoms with van der Waals surface area (Å²) in [5.41, 5.74) is 3.04.